The lowest BCUT2D eigenvalue weighted by molar-refractivity contribution is -0.136. The van der Waals surface area contributed by atoms with Gasteiger partial charge < -0.3 is 5.32 Å². The topological polar surface area (TPSA) is 91.4 Å². The SMILES string of the molecule is C=C(NCc1cccc2c1C(=C)N(C1CCC(=O)NC1=O)C2=O)c1nccs1. The second kappa shape index (κ2) is 7.05. The van der Waals surface area contributed by atoms with Crippen molar-refractivity contribution in [2.45, 2.75) is 25.4 Å². The molecule has 1 fully saturated rings. The van der Waals surface area contributed by atoms with E-state index in [-0.39, 0.29) is 24.7 Å². The Morgan fingerprint density at radius 2 is 2.18 bits per heavy atom. The van der Waals surface area contributed by atoms with Gasteiger partial charge in [0.15, 0.2) is 0 Å². The lowest BCUT2D eigenvalue weighted by Gasteiger charge is -2.30. The van der Waals surface area contributed by atoms with Crippen LogP contribution in [-0.4, -0.2) is 33.6 Å². The van der Waals surface area contributed by atoms with Crippen molar-refractivity contribution in [3.8, 4) is 0 Å². The first-order valence-electron chi connectivity index (χ1n) is 8.78. The number of benzene rings is 1. The zero-order valence-corrected chi connectivity index (χ0v) is 15.8. The number of fused-ring (bicyclic) bond motifs is 1. The summed E-state index contributed by atoms with van der Waals surface area (Å²) in [5.41, 5.74) is 3.28. The van der Waals surface area contributed by atoms with Crippen LogP contribution in [-0.2, 0) is 16.1 Å². The van der Waals surface area contributed by atoms with E-state index >= 15 is 0 Å². The summed E-state index contributed by atoms with van der Waals surface area (Å²) in [5, 5.41) is 8.21. The van der Waals surface area contributed by atoms with E-state index in [1.54, 1.807) is 18.3 Å². The predicted molar refractivity (Wildman–Crippen MR) is 106 cm³/mol. The van der Waals surface area contributed by atoms with Crippen molar-refractivity contribution in [2.24, 2.45) is 0 Å². The summed E-state index contributed by atoms with van der Waals surface area (Å²) in [7, 11) is 0. The molecule has 0 spiro atoms. The molecule has 3 amide bonds. The molecule has 4 rings (SSSR count). The van der Waals surface area contributed by atoms with E-state index in [0.29, 0.717) is 23.5 Å². The Hall–Kier alpha value is -3.26. The molecule has 3 heterocycles. The largest absolute Gasteiger partial charge is 0.379 e. The number of nitrogens with one attached hydrogen (secondary N) is 2. The van der Waals surface area contributed by atoms with Crippen LogP contribution in [0.5, 0.6) is 0 Å². The zero-order valence-electron chi connectivity index (χ0n) is 15.0. The maximum absolute atomic E-state index is 13.0. The summed E-state index contributed by atoms with van der Waals surface area (Å²) in [5.74, 6) is -1.05. The van der Waals surface area contributed by atoms with Crippen LogP contribution in [0, 0.1) is 0 Å². The van der Waals surface area contributed by atoms with Gasteiger partial charge in [-0.2, -0.15) is 0 Å². The third kappa shape index (κ3) is 3.01. The Morgan fingerprint density at radius 3 is 2.89 bits per heavy atom. The predicted octanol–water partition coefficient (Wildman–Crippen LogP) is 2.14. The molecule has 8 heteroatoms. The van der Waals surface area contributed by atoms with Gasteiger partial charge in [-0.3, -0.25) is 24.6 Å². The van der Waals surface area contributed by atoms with Gasteiger partial charge in [-0.15, -0.1) is 11.3 Å². The Morgan fingerprint density at radius 1 is 1.36 bits per heavy atom. The highest BCUT2D eigenvalue weighted by Gasteiger charge is 2.42. The highest BCUT2D eigenvalue weighted by molar-refractivity contribution is 7.10. The Kier molecular flexibility index (Phi) is 4.56. The van der Waals surface area contributed by atoms with E-state index in [2.05, 4.69) is 28.8 Å². The molecule has 2 aliphatic rings. The van der Waals surface area contributed by atoms with Gasteiger partial charge in [0.25, 0.3) is 5.91 Å². The number of aromatic nitrogens is 1. The summed E-state index contributed by atoms with van der Waals surface area (Å²) in [6, 6.07) is 4.72. The van der Waals surface area contributed by atoms with E-state index in [0.717, 1.165) is 16.1 Å². The number of amides is 3. The molecule has 1 atom stereocenters. The van der Waals surface area contributed by atoms with Crippen LogP contribution in [0.2, 0.25) is 0 Å². The van der Waals surface area contributed by atoms with Crippen LogP contribution in [0.1, 0.15) is 39.3 Å². The molecular formula is C20H18N4O3S. The fourth-order valence-electron chi connectivity index (χ4n) is 3.55. The van der Waals surface area contributed by atoms with E-state index in [9.17, 15) is 14.4 Å². The standard InChI is InChI=1S/C20H18N4O3S/c1-11(19-21-8-9-28-19)22-10-13-4-3-5-14-17(13)12(2)24(20(14)27)15-6-7-16(25)23-18(15)26/h3-5,8-9,15,22H,1-2,6-7,10H2,(H,23,25,26). The van der Waals surface area contributed by atoms with Crippen LogP contribution < -0.4 is 10.6 Å². The Labute approximate surface area is 165 Å². The van der Waals surface area contributed by atoms with Gasteiger partial charge in [-0.05, 0) is 18.1 Å². The fourth-order valence-corrected chi connectivity index (χ4v) is 4.13. The normalized spacial score (nSPS) is 18.9. The van der Waals surface area contributed by atoms with E-state index in [4.69, 9.17) is 0 Å². The van der Waals surface area contributed by atoms with Crippen LogP contribution in [0.15, 0.2) is 42.9 Å². The number of hydrogen-bond acceptors (Lipinski definition) is 6. The maximum Gasteiger partial charge on any atom is 0.259 e. The molecule has 0 bridgehead atoms. The highest BCUT2D eigenvalue weighted by Crippen LogP contribution is 2.37. The number of nitrogens with zero attached hydrogens (tertiary/aromatic N) is 2. The highest BCUT2D eigenvalue weighted by atomic mass is 32.1. The molecule has 7 nitrogen and oxygen atoms in total. The average molecular weight is 394 g/mol. The van der Waals surface area contributed by atoms with Gasteiger partial charge in [-0.1, -0.05) is 25.3 Å². The Bertz CT molecular complexity index is 1010. The molecule has 28 heavy (non-hydrogen) atoms. The average Bonchev–Trinajstić information content (AvgIpc) is 3.29. The first-order valence-corrected chi connectivity index (χ1v) is 9.66. The molecule has 2 aromatic rings. The lowest BCUT2D eigenvalue weighted by atomic mass is 10.0. The van der Waals surface area contributed by atoms with Gasteiger partial charge in [0.1, 0.15) is 11.0 Å². The summed E-state index contributed by atoms with van der Waals surface area (Å²) in [4.78, 5) is 42.3. The van der Waals surface area contributed by atoms with Gasteiger partial charge in [-0.25, -0.2) is 4.98 Å². The molecule has 0 aliphatic carbocycles. The third-order valence-corrected chi connectivity index (χ3v) is 5.72. The summed E-state index contributed by atoms with van der Waals surface area (Å²) in [6.45, 7) is 8.51. The first kappa shape index (κ1) is 18.1. The minimum absolute atomic E-state index is 0.200. The second-order valence-corrected chi connectivity index (χ2v) is 7.49. The number of imide groups is 1. The van der Waals surface area contributed by atoms with Crippen LogP contribution >= 0.6 is 11.3 Å². The van der Waals surface area contributed by atoms with Gasteiger partial charge in [0.05, 0.1) is 5.70 Å². The third-order valence-electron chi connectivity index (χ3n) is 4.88. The van der Waals surface area contributed by atoms with E-state index in [1.165, 1.54) is 16.2 Å². The molecule has 2 aliphatic heterocycles. The number of rotatable bonds is 5. The summed E-state index contributed by atoms with van der Waals surface area (Å²) < 4.78 is 0. The molecule has 0 saturated carbocycles. The monoisotopic (exact) mass is 394 g/mol. The molecule has 1 aromatic heterocycles. The molecule has 142 valence electrons. The number of piperidine rings is 1. The van der Waals surface area contributed by atoms with Crippen molar-refractivity contribution in [3.05, 3.63) is 64.6 Å². The number of thiazole rings is 1. The molecular weight excluding hydrogens is 376 g/mol. The van der Waals surface area contributed by atoms with Crippen LogP contribution in [0.3, 0.4) is 0 Å². The van der Waals surface area contributed by atoms with E-state index < -0.39 is 11.9 Å². The molecule has 1 aromatic carbocycles. The number of carbonyl (C=O) groups is 3. The van der Waals surface area contributed by atoms with Crippen LogP contribution in [0.4, 0.5) is 0 Å². The number of hydrogen-bond donors (Lipinski definition) is 2. The zero-order chi connectivity index (χ0) is 19.8. The van der Waals surface area contributed by atoms with Gasteiger partial charge >= 0.3 is 0 Å². The molecule has 0 radical (unpaired) electrons. The second-order valence-electron chi connectivity index (χ2n) is 6.60. The minimum Gasteiger partial charge on any atom is -0.379 e. The lowest BCUT2D eigenvalue weighted by Crippen LogP contribution is -2.52. The maximum atomic E-state index is 13.0. The first-order chi connectivity index (χ1) is 13.5. The van der Waals surface area contributed by atoms with Gasteiger partial charge in [0, 0.05) is 41.4 Å². The number of carbonyl (C=O) groups excluding carboxylic acids is 3. The summed E-state index contributed by atoms with van der Waals surface area (Å²) in [6.07, 6.45) is 2.20. The van der Waals surface area contributed by atoms with Crippen molar-refractivity contribution >= 4 is 40.5 Å². The smallest absolute Gasteiger partial charge is 0.259 e. The van der Waals surface area contributed by atoms with E-state index in [1.807, 2.05) is 11.4 Å². The molecule has 2 N–H and O–H groups in total. The van der Waals surface area contributed by atoms with Crippen molar-refractivity contribution in [2.75, 3.05) is 0 Å². The summed E-state index contributed by atoms with van der Waals surface area (Å²) >= 11 is 1.49. The van der Waals surface area contributed by atoms with Crippen molar-refractivity contribution in [3.63, 3.8) is 0 Å². The molecule has 1 saturated heterocycles. The fraction of sp³-hybridized carbons (Fsp3) is 0.200. The van der Waals surface area contributed by atoms with Crippen molar-refractivity contribution < 1.29 is 14.4 Å². The van der Waals surface area contributed by atoms with Gasteiger partial charge in [0.2, 0.25) is 11.8 Å². The van der Waals surface area contributed by atoms with Crippen molar-refractivity contribution in [1.82, 2.24) is 20.5 Å². The van der Waals surface area contributed by atoms with Crippen LogP contribution in [0.25, 0.3) is 11.4 Å². The minimum atomic E-state index is -0.726. The van der Waals surface area contributed by atoms with Crippen molar-refractivity contribution in [1.29, 1.82) is 0 Å². The molecule has 1 unspecified atom stereocenters. The quantitative estimate of drug-likeness (QED) is 0.758. The Balaban J connectivity index is 1.58.